The average Bonchev–Trinajstić information content (AvgIpc) is 2.44. The first-order chi connectivity index (χ1) is 6.63. The molecule has 1 aliphatic heterocycles. The molecular formula is C7H14N3O3S-. The summed E-state index contributed by atoms with van der Waals surface area (Å²) in [5.41, 5.74) is 2.67. The topological polar surface area (TPSA) is 76.0 Å². The Morgan fingerprint density at radius 2 is 2.29 bits per heavy atom. The summed E-state index contributed by atoms with van der Waals surface area (Å²) in [6.07, 6.45) is 0.0851. The first-order valence-corrected chi connectivity index (χ1v) is 4.84. The van der Waals surface area contributed by atoms with Gasteiger partial charge >= 0.3 is 5.97 Å². The van der Waals surface area contributed by atoms with Crippen molar-refractivity contribution in [3.05, 3.63) is 0 Å². The number of carboxylic acid groups (broad SMARTS) is 1. The number of aliphatic carboxylic acids is 1. The van der Waals surface area contributed by atoms with E-state index in [1.807, 2.05) is 4.90 Å². The fourth-order valence-corrected chi connectivity index (χ4v) is 1.58. The van der Waals surface area contributed by atoms with Crippen molar-refractivity contribution < 1.29 is 15.0 Å². The third kappa shape index (κ3) is 3.43. The van der Waals surface area contributed by atoms with E-state index in [0.717, 1.165) is 0 Å². The van der Waals surface area contributed by atoms with Crippen molar-refractivity contribution in [1.82, 2.24) is 15.3 Å². The molecule has 1 fully saturated rings. The van der Waals surface area contributed by atoms with Gasteiger partial charge in [0.15, 0.2) is 0 Å². The normalized spacial score (nSPS) is 24.3. The minimum absolute atomic E-state index is 0.0574. The number of rotatable bonds is 5. The van der Waals surface area contributed by atoms with Crippen molar-refractivity contribution in [2.75, 3.05) is 26.4 Å². The molecule has 14 heavy (non-hydrogen) atoms. The molecule has 0 aromatic rings. The second-order valence-electron chi connectivity index (χ2n) is 3.07. The van der Waals surface area contributed by atoms with Gasteiger partial charge in [0, 0.05) is 13.1 Å². The van der Waals surface area contributed by atoms with E-state index in [9.17, 15) is 4.79 Å². The number of carbonyl (C=O) groups is 1. The lowest BCUT2D eigenvalue weighted by atomic mass is 10.4. The molecule has 0 saturated carbocycles. The van der Waals surface area contributed by atoms with Crippen LogP contribution in [0, 0.1) is 0 Å². The van der Waals surface area contributed by atoms with Gasteiger partial charge in [0.05, 0.1) is 19.7 Å². The van der Waals surface area contributed by atoms with Gasteiger partial charge in [-0.25, -0.2) is 5.01 Å². The third-order valence-electron chi connectivity index (χ3n) is 1.96. The Morgan fingerprint density at radius 1 is 1.57 bits per heavy atom. The van der Waals surface area contributed by atoms with Crippen LogP contribution in [0.15, 0.2) is 0 Å². The number of hydrogen-bond acceptors (Lipinski definition) is 6. The standard InChI is InChI=1S/C7H15N3O3S/c11-4-3-10-5-9(7(14)8-10)2-1-6(12)13/h7-8,11,14H,1-5H2,(H,12,13)/p-1. The molecule has 1 atom stereocenters. The zero-order valence-corrected chi connectivity index (χ0v) is 8.53. The minimum Gasteiger partial charge on any atom is -0.757 e. The highest BCUT2D eigenvalue weighted by Gasteiger charge is 2.21. The summed E-state index contributed by atoms with van der Waals surface area (Å²) in [5.74, 6) is -0.826. The lowest BCUT2D eigenvalue weighted by Crippen LogP contribution is -2.37. The van der Waals surface area contributed by atoms with Gasteiger partial charge in [-0.3, -0.25) is 15.1 Å². The Kier molecular flexibility index (Phi) is 4.63. The molecule has 1 heterocycles. The van der Waals surface area contributed by atoms with Crippen LogP contribution in [0.25, 0.3) is 0 Å². The molecule has 0 aromatic carbocycles. The van der Waals surface area contributed by atoms with E-state index in [4.69, 9.17) is 22.8 Å². The predicted octanol–water partition coefficient (Wildman–Crippen LogP) is -1.64. The number of aliphatic hydroxyl groups is 1. The lowest BCUT2D eigenvalue weighted by molar-refractivity contribution is -0.137. The molecule has 0 aromatic heterocycles. The van der Waals surface area contributed by atoms with Crippen molar-refractivity contribution in [2.24, 2.45) is 0 Å². The zero-order chi connectivity index (χ0) is 10.6. The van der Waals surface area contributed by atoms with Gasteiger partial charge in [0.25, 0.3) is 0 Å². The second kappa shape index (κ2) is 5.52. The molecule has 82 valence electrons. The molecular weight excluding hydrogens is 206 g/mol. The molecule has 0 radical (unpaired) electrons. The summed E-state index contributed by atoms with van der Waals surface area (Å²) < 4.78 is 0. The Labute approximate surface area is 87.9 Å². The molecule has 3 N–H and O–H groups in total. The summed E-state index contributed by atoms with van der Waals surface area (Å²) in [6, 6.07) is 0. The number of hydrazine groups is 1. The van der Waals surface area contributed by atoms with E-state index in [-0.39, 0.29) is 18.5 Å². The van der Waals surface area contributed by atoms with E-state index in [2.05, 4.69) is 5.43 Å². The van der Waals surface area contributed by atoms with E-state index in [0.29, 0.717) is 19.8 Å². The predicted molar refractivity (Wildman–Crippen MR) is 51.9 cm³/mol. The summed E-state index contributed by atoms with van der Waals surface area (Å²) in [4.78, 5) is 12.2. The number of aliphatic hydroxyl groups excluding tert-OH is 1. The second-order valence-corrected chi connectivity index (χ2v) is 3.51. The fraction of sp³-hybridized carbons (Fsp3) is 0.857. The smallest absolute Gasteiger partial charge is 0.304 e. The van der Waals surface area contributed by atoms with E-state index in [1.54, 1.807) is 5.01 Å². The molecule has 1 unspecified atom stereocenters. The van der Waals surface area contributed by atoms with Crippen molar-refractivity contribution in [2.45, 2.75) is 11.9 Å². The summed E-state index contributed by atoms with van der Waals surface area (Å²) in [7, 11) is 0. The van der Waals surface area contributed by atoms with Crippen LogP contribution in [0.3, 0.4) is 0 Å². The molecule has 0 spiro atoms. The van der Waals surface area contributed by atoms with Gasteiger partial charge in [-0.05, 0) is 5.50 Å². The highest BCUT2D eigenvalue weighted by molar-refractivity contribution is 7.59. The fourth-order valence-electron chi connectivity index (χ4n) is 1.26. The van der Waals surface area contributed by atoms with Crippen LogP contribution in [-0.4, -0.2) is 58.0 Å². The number of nitrogens with zero attached hydrogens (tertiary/aromatic N) is 2. The monoisotopic (exact) mass is 220 g/mol. The number of carboxylic acids is 1. The number of nitrogens with one attached hydrogen (secondary N) is 1. The third-order valence-corrected chi connectivity index (χ3v) is 2.36. The summed E-state index contributed by atoms with van der Waals surface area (Å²) in [6.45, 7) is 1.54. The van der Waals surface area contributed by atoms with Crippen LogP contribution in [0.2, 0.25) is 0 Å². The molecule has 0 amide bonds. The molecule has 0 aliphatic carbocycles. The van der Waals surface area contributed by atoms with Crippen LogP contribution < -0.4 is 5.43 Å². The number of β-amino-alcohol motifs (C(OH)–C–C–N with tert-alkyl or cyclic N) is 1. The van der Waals surface area contributed by atoms with Gasteiger partial charge in [0.1, 0.15) is 0 Å². The maximum atomic E-state index is 10.3. The van der Waals surface area contributed by atoms with Crippen molar-refractivity contribution in [3.8, 4) is 0 Å². The molecule has 0 bridgehead atoms. The molecule has 6 nitrogen and oxygen atoms in total. The van der Waals surface area contributed by atoms with Crippen LogP contribution in [0.5, 0.6) is 0 Å². The summed E-state index contributed by atoms with van der Waals surface area (Å²) in [5, 5.41) is 19.0. The van der Waals surface area contributed by atoms with Gasteiger partial charge in [0.2, 0.25) is 0 Å². The highest BCUT2D eigenvalue weighted by Crippen LogP contribution is 2.06. The first-order valence-electron chi connectivity index (χ1n) is 4.37. The van der Waals surface area contributed by atoms with Crippen LogP contribution >= 0.6 is 0 Å². The summed E-state index contributed by atoms with van der Waals surface area (Å²) >= 11 is 5.07. The maximum absolute atomic E-state index is 10.3. The van der Waals surface area contributed by atoms with Crippen LogP contribution in [0.1, 0.15) is 6.42 Å². The SMILES string of the molecule is O=C(O)CCN1CN(CCO)NC1[S-]. The Balaban J connectivity index is 2.29. The minimum atomic E-state index is -0.826. The molecule has 7 heteroatoms. The zero-order valence-electron chi connectivity index (χ0n) is 7.72. The molecule has 1 saturated heterocycles. The highest BCUT2D eigenvalue weighted by atomic mass is 32.1. The number of hydrogen-bond donors (Lipinski definition) is 3. The maximum Gasteiger partial charge on any atom is 0.304 e. The van der Waals surface area contributed by atoms with Crippen molar-refractivity contribution in [1.29, 1.82) is 0 Å². The van der Waals surface area contributed by atoms with Gasteiger partial charge < -0.3 is 22.8 Å². The van der Waals surface area contributed by atoms with Gasteiger partial charge in [-0.1, -0.05) is 0 Å². The average molecular weight is 220 g/mol. The molecule has 1 aliphatic rings. The van der Waals surface area contributed by atoms with Crippen molar-refractivity contribution in [3.63, 3.8) is 0 Å². The van der Waals surface area contributed by atoms with Gasteiger partial charge in [-0.2, -0.15) is 0 Å². The van der Waals surface area contributed by atoms with E-state index < -0.39 is 5.97 Å². The van der Waals surface area contributed by atoms with Gasteiger partial charge in [-0.15, -0.1) is 0 Å². The first kappa shape index (κ1) is 11.7. The molecule has 1 rings (SSSR count). The van der Waals surface area contributed by atoms with Crippen LogP contribution in [0.4, 0.5) is 0 Å². The lowest BCUT2D eigenvalue weighted by Gasteiger charge is -2.26. The van der Waals surface area contributed by atoms with Crippen LogP contribution in [-0.2, 0) is 17.4 Å². The largest absolute Gasteiger partial charge is 0.757 e. The van der Waals surface area contributed by atoms with E-state index >= 15 is 0 Å². The Morgan fingerprint density at radius 3 is 2.86 bits per heavy atom. The quantitative estimate of drug-likeness (QED) is 0.480. The van der Waals surface area contributed by atoms with E-state index in [1.165, 1.54) is 0 Å². The Bertz CT molecular complexity index is 205. The van der Waals surface area contributed by atoms with Crippen molar-refractivity contribution >= 4 is 18.6 Å². The Hall–Kier alpha value is -0.340.